The molecule has 0 aliphatic heterocycles. The van der Waals surface area contributed by atoms with Crippen molar-refractivity contribution in [3.05, 3.63) is 35.5 Å². The minimum Gasteiger partial charge on any atom is -0.464 e. The number of methoxy groups -OCH3 is 1. The normalized spacial score (nSPS) is 10.3. The first-order chi connectivity index (χ1) is 7.20. The predicted molar refractivity (Wildman–Crippen MR) is 55.6 cm³/mol. The summed E-state index contributed by atoms with van der Waals surface area (Å²) in [5.74, 6) is -0.467. The summed E-state index contributed by atoms with van der Waals surface area (Å²) in [6.07, 6.45) is 0. The molecular formula is C11H10N2O2. The molecule has 0 atom stereocenters. The Labute approximate surface area is 86.9 Å². The van der Waals surface area contributed by atoms with Crippen molar-refractivity contribution >= 4 is 16.9 Å². The van der Waals surface area contributed by atoms with Gasteiger partial charge >= 0.3 is 5.97 Å². The fourth-order valence-electron chi connectivity index (χ4n) is 1.37. The molecule has 0 bridgehead atoms. The quantitative estimate of drug-likeness (QED) is 0.661. The van der Waals surface area contributed by atoms with Crippen molar-refractivity contribution in [1.29, 1.82) is 0 Å². The molecule has 0 spiro atoms. The van der Waals surface area contributed by atoms with Crippen LogP contribution in [0.25, 0.3) is 10.9 Å². The number of esters is 1. The summed E-state index contributed by atoms with van der Waals surface area (Å²) >= 11 is 0. The number of aryl methyl sites for hydroxylation is 1. The zero-order valence-corrected chi connectivity index (χ0v) is 8.52. The molecule has 0 unspecified atom stereocenters. The molecule has 4 heteroatoms. The number of ether oxygens (including phenoxy) is 1. The van der Waals surface area contributed by atoms with Crippen molar-refractivity contribution in [2.75, 3.05) is 7.11 Å². The fourth-order valence-corrected chi connectivity index (χ4v) is 1.37. The number of fused-ring (bicyclic) bond motifs is 1. The minimum atomic E-state index is -0.467. The molecule has 15 heavy (non-hydrogen) atoms. The first-order valence-corrected chi connectivity index (χ1v) is 4.53. The van der Waals surface area contributed by atoms with E-state index in [-0.39, 0.29) is 5.69 Å². The van der Waals surface area contributed by atoms with E-state index in [1.807, 2.05) is 25.1 Å². The molecule has 0 aliphatic carbocycles. The van der Waals surface area contributed by atoms with Crippen LogP contribution in [0.4, 0.5) is 0 Å². The van der Waals surface area contributed by atoms with Crippen molar-refractivity contribution in [3.63, 3.8) is 0 Å². The Morgan fingerprint density at radius 2 is 2.07 bits per heavy atom. The molecule has 0 N–H and O–H groups in total. The van der Waals surface area contributed by atoms with Crippen molar-refractivity contribution in [3.8, 4) is 0 Å². The number of carbonyl (C=O) groups excluding carboxylic acids is 1. The Bertz CT molecular complexity index is 523. The maximum absolute atomic E-state index is 11.2. The average molecular weight is 202 g/mol. The molecule has 4 nitrogen and oxygen atoms in total. The summed E-state index contributed by atoms with van der Waals surface area (Å²) in [7, 11) is 1.32. The van der Waals surface area contributed by atoms with E-state index < -0.39 is 5.97 Å². The Kier molecular flexibility index (Phi) is 2.33. The Hall–Kier alpha value is -1.97. The van der Waals surface area contributed by atoms with Gasteiger partial charge in [0.25, 0.3) is 0 Å². The first-order valence-electron chi connectivity index (χ1n) is 4.53. The van der Waals surface area contributed by atoms with Gasteiger partial charge in [0.1, 0.15) is 0 Å². The zero-order valence-electron chi connectivity index (χ0n) is 8.52. The van der Waals surface area contributed by atoms with Gasteiger partial charge in [0.05, 0.1) is 12.6 Å². The summed E-state index contributed by atoms with van der Waals surface area (Å²) in [4.78, 5) is 11.2. The summed E-state index contributed by atoms with van der Waals surface area (Å²) in [5, 5.41) is 8.62. The number of hydrogen-bond donors (Lipinski definition) is 0. The van der Waals surface area contributed by atoms with Gasteiger partial charge in [0.15, 0.2) is 5.69 Å². The number of hydrogen-bond acceptors (Lipinski definition) is 4. The molecular weight excluding hydrogens is 192 g/mol. The van der Waals surface area contributed by atoms with E-state index >= 15 is 0 Å². The lowest BCUT2D eigenvalue weighted by Crippen LogP contribution is -2.05. The molecule has 76 valence electrons. The molecule has 0 saturated carbocycles. The van der Waals surface area contributed by atoms with Gasteiger partial charge in [-0.05, 0) is 25.1 Å². The van der Waals surface area contributed by atoms with Crippen molar-refractivity contribution < 1.29 is 9.53 Å². The summed E-state index contributed by atoms with van der Waals surface area (Å²) in [5.41, 5.74) is 2.12. The van der Waals surface area contributed by atoms with Crippen LogP contribution < -0.4 is 0 Å². The molecule has 2 aromatic rings. The second-order valence-corrected chi connectivity index (χ2v) is 3.28. The highest BCUT2D eigenvalue weighted by molar-refractivity contribution is 5.91. The van der Waals surface area contributed by atoms with Gasteiger partial charge in [-0.25, -0.2) is 4.79 Å². The summed E-state index contributed by atoms with van der Waals surface area (Å²) < 4.78 is 4.57. The average Bonchev–Trinajstić information content (AvgIpc) is 2.27. The van der Waals surface area contributed by atoms with Gasteiger partial charge in [-0.1, -0.05) is 11.6 Å². The van der Waals surface area contributed by atoms with Crippen LogP contribution in [0.2, 0.25) is 0 Å². The Morgan fingerprint density at radius 1 is 1.27 bits per heavy atom. The summed E-state index contributed by atoms with van der Waals surface area (Å²) in [6.45, 7) is 1.98. The monoisotopic (exact) mass is 202 g/mol. The van der Waals surface area contributed by atoms with Crippen LogP contribution in [0.15, 0.2) is 24.3 Å². The van der Waals surface area contributed by atoms with E-state index in [0.717, 1.165) is 16.5 Å². The molecule has 1 aromatic carbocycles. The predicted octanol–water partition coefficient (Wildman–Crippen LogP) is 1.72. The third-order valence-corrected chi connectivity index (χ3v) is 2.14. The van der Waals surface area contributed by atoms with Crippen molar-refractivity contribution in [2.45, 2.75) is 6.92 Å². The van der Waals surface area contributed by atoms with E-state index in [9.17, 15) is 4.79 Å². The Balaban J connectivity index is 2.59. The van der Waals surface area contributed by atoms with E-state index in [1.165, 1.54) is 7.11 Å². The molecule has 1 aromatic heterocycles. The van der Waals surface area contributed by atoms with Gasteiger partial charge in [-0.3, -0.25) is 0 Å². The number of nitrogens with zero attached hydrogens (tertiary/aromatic N) is 2. The van der Waals surface area contributed by atoms with E-state index in [2.05, 4.69) is 14.9 Å². The van der Waals surface area contributed by atoms with Crippen molar-refractivity contribution in [1.82, 2.24) is 10.2 Å². The van der Waals surface area contributed by atoms with Crippen LogP contribution >= 0.6 is 0 Å². The maximum Gasteiger partial charge on any atom is 0.358 e. The molecule has 0 aliphatic rings. The van der Waals surface area contributed by atoms with Crippen LogP contribution in [-0.4, -0.2) is 23.3 Å². The highest BCUT2D eigenvalue weighted by atomic mass is 16.5. The third kappa shape index (κ3) is 1.79. The largest absolute Gasteiger partial charge is 0.464 e. The molecule has 0 amide bonds. The molecule has 1 heterocycles. The van der Waals surface area contributed by atoms with E-state index in [4.69, 9.17) is 0 Å². The Morgan fingerprint density at radius 3 is 2.80 bits per heavy atom. The van der Waals surface area contributed by atoms with E-state index in [1.54, 1.807) is 6.07 Å². The first kappa shape index (κ1) is 9.58. The van der Waals surface area contributed by atoms with Gasteiger partial charge < -0.3 is 4.74 Å². The summed E-state index contributed by atoms with van der Waals surface area (Å²) in [6, 6.07) is 7.46. The highest BCUT2D eigenvalue weighted by Crippen LogP contribution is 2.13. The van der Waals surface area contributed by atoms with Crippen LogP contribution in [0.3, 0.4) is 0 Å². The van der Waals surface area contributed by atoms with Gasteiger partial charge in [0, 0.05) is 5.39 Å². The van der Waals surface area contributed by atoms with Crippen molar-refractivity contribution in [2.24, 2.45) is 0 Å². The second-order valence-electron chi connectivity index (χ2n) is 3.28. The smallest absolute Gasteiger partial charge is 0.358 e. The number of carbonyl (C=O) groups is 1. The number of aromatic nitrogens is 2. The highest BCUT2D eigenvalue weighted by Gasteiger charge is 2.08. The third-order valence-electron chi connectivity index (χ3n) is 2.14. The maximum atomic E-state index is 11.2. The van der Waals surface area contributed by atoms with Crippen LogP contribution in [0.5, 0.6) is 0 Å². The van der Waals surface area contributed by atoms with Crippen LogP contribution in [0.1, 0.15) is 16.1 Å². The lowest BCUT2D eigenvalue weighted by Gasteiger charge is -2.00. The van der Waals surface area contributed by atoms with E-state index in [0.29, 0.717) is 0 Å². The lowest BCUT2D eigenvalue weighted by molar-refractivity contribution is 0.0593. The SMILES string of the molecule is COC(=O)c1cc2cc(C)ccc2nn1. The van der Waals surface area contributed by atoms with Gasteiger partial charge in [-0.2, -0.15) is 0 Å². The minimum absolute atomic E-state index is 0.232. The standard InChI is InChI=1S/C11H10N2O2/c1-7-3-4-9-8(5-7)6-10(13-12-9)11(14)15-2/h3-6H,1-2H3. The fraction of sp³-hybridized carbons (Fsp3) is 0.182. The second kappa shape index (κ2) is 3.65. The zero-order chi connectivity index (χ0) is 10.8. The molecule has 0 radical (unpaired) electrons. The van der Waals surface area contributed by atoms with Crippen LogP contribution in [-0.2, 0) is 4.74 Å². The molecule has 0 saturated heterocycles. The van der Waals surface area contributed by atoms with Gasteiger partial charge in [0.2, 0.25) is 0 Å². The topological polar surface area (TPSA) is 52.1 Å². The number of rotatable bonds is 1. The molecule has 0 fully saturated rings. The number of benzene rings is 1. The van der Waals surface area contributed by atoms with Gasteiger partial charge in [-0.15, -0.1) is 10.2 Å². The van der Waals surface area contributed by atoms with Crippen LogP contribution in [0, 0.1) is 6.92 Å². The lowest BCUT2D eigenvalue weighted by atomic mass is 10.1. The molecule has 2 rings (SSSR count).